The van der Waals surface area contributed by atoms with Crippen molar-refractivity contribution in [2.75, 3.05) is 12.4 Å². The number of nitro groups is 1. The lowest BCUT2D eigenvalue weighted by Crippen LogP contribution is -2.43. The van der Waals surface area contributed by atoms with Crippen LogP contribution in [0.5, 0.6) is 0 Å². The minimum absolute atomic E-state index is 0.0312. The largest absolute Gasteiger partial charge is 0.383 e. The highest BCUT2D eigenvalue weighted by Gasteiger charge is 2.27. The Morgan fingerprint density at radius 3 is 2.63 bits per heavy atom. The van der Waals surface area contributed by atoms with Crippen molar-refractivity contribution in [1.29, 1.82) is 0 Å². The van der Waals surface area contributed by atoms with Gasteiger partial charge in [-0.25, -0.2) is 0 Å². The molecule has 0 bridgehead atoms. The molecule has 2 rings (SSSR count). The molecule has 19 heavy (non-hydrogen) atoms. The van der Waals surface area contributed by atoms with Crippen LogP contribution in [0, 0.1) is 16.0 Å². The van der Waals surface area contributed by atoms with E-state index in [4.69, 9.17) is 0 Å². The molecule has 0 unspecified atom stereocenters. The Morgan fingerprint density at radius 2 is 2.11 bits per heavy atom. The highest BCUT2D eigenvalue weighted by Crippen LogP contribution is 2.28. The summed E-state index contributed by atoms with van der Waals surface area (Å²) in [7, 11) is 1.59. The predicted octanol–water partition coefficient (Wildman–Crippen LogP) is 2.16. The van der Waals surface area contributed by atoms with Crippen molar-refractivity contribution in [1.82, 2.24) is 5.32 Å². The van der Waals surface area contributed by atoms with Crippen LogP contribution in [0.4, 0.5) is 11.4 Å². The van der Waals surface area contributed by atoms with E-state index in [1.807, 2.05) is 0 Å². The monoisotopic (exact) mass is 263 g/mol. The van der Waals surface area contributed by atoms with E-state index < -0.39 is 4.92 Å². The molecule has 0 atom stereocenters. The summed E-state index contributed by atoms with van der Waals surface area (Å²) in [6.45, 7) is 2.15. The topological polar surface area (TPSA) is 84.3 Å². The van der Waals surface area contributed by atoms with E-state index in [2.05, 4.69) is 17.6 Å². The molecule has 0 heterocycles. The predicted molar refractivity (Wildman–Crippen MR) is 72.3 cm³/mol. The van der Waals surface area contributed by atoms with Crippen molar-refractivity contribution in [2.45, 2.75) is 25.8 Å². The average Bonchev–Trinajstić information content (AvgIpc) is 2.35. The van der Waals surface area contributed by atoms with Crippen molar-refractivity contribution in [3.63, 3.8) is 0 Å². The SMILES string of the molecule is CNc1cc(C(=O)NC2CC(C)C2)ccc1[N+](=O)[O-]. The summed E-state index contributed by atoms with van der Waals surface area (Å²) >= 11 is 0. The highest BCUT2D eigenvalue weighted by atomic mass is 16.6. The van der Waals surface area contributed by atoms with Gasteiger partial charge in [-0.1, -0.05) is 6.92 Å². The van der Waals surface area contributed by atoms with E-state index in [9.17, 15) is 14.9 Å². The van der Waals surface area contributed by atoms with Gasteiger partial charge in [0.25, 0.3) is 11.6 Å². The average molecular weight is 263 g/mol. The number of carbonyl (C=O) groups is 1. The second kappa shape index (κ2) is 5.26. The third-order valence-corrected chi connectivity index (χ3v) is 3.43. The molecule has 0 saturated heterocycles. The van der Waals surface area contributed by atoms with Gasteiger partial charge in [0.05, 0.1) is 4.92 Å². The minimum Gasteiger partial charge on any atom is -0.383 e. The Kier molecular flexibility index (Phi) is 3.69. The number of nitrogens with one attached hydrogen (secondary N) is 2. The van der Waals surface area contributed by atoms with Gasteiger partial charge in [0.2, 0.25) is 0 Å². The Morgan fingerprint density at radius 1 is 1.42 bits per heavy atom. The van der Waals surface area contributed by atoms with E-state index in [-0.39, 0.29) is 17.6 Å². The van der Waals surface area contributed by atoms with Crippen LogP contribution in [0.2, 0.25) is 0 Å². The number of carbonyl (C=O) groups excluding carboxylic acids is 1. The van der Waals surface area contributed by atoms with Gasteiger partial charge >= 0.3 is 0 Å². The standard InChI is InChI=1S/C13H17N3O3/c1-8-5-10(6-8)15-13(17)9-3-4-12(16(18)19)11(7-9)14-2/h3-4,7-8,10,14H,5-6H2,1-2H3,(H,15,17). The molecule has 0 aliphatic heterocycles. The van der Waals surface area contributed by atoms with E-state index >= 15 is 0 Å². The molecule has 1 aliphatic carbocycles. The van der Waals surface area contributed by atoms with E-state index in [0.717, 1.165) is 12.8 Å². The van der Waals surface area contributed by atoms with Crippen molar-refractivity contribution in [2.24, 2.45) is 5.92 Å². The molecule has 1 aromatic rings. The number of benzene rings is 1. The summed E-state index contributed by atoms with van der Waals surface area (Å²) in [5.41, 5.74) is 0.755. The quantitative estimate of drug-likeness (QED) is 0.644. The Balaban J connectivity index is 2.11. The smallest absolute Gasteiger partial charge is 0.292 e. The first-order valence-electron chi connectivity index (χ1n) is 6.28. The van der Waals surface area contributed by atoms with Gasteiger partial charge in [0.15, 0.2) is 0 Å². The second-order valence-electron chi connectivity index (χ2n) is 4.99. The van der Waals surface area contributed by atoms with Gasteiger partial charge in [-0.05, 0) is 30.9 Å². The van der Waals surface area contributed by atoms with Crippen LogP contribution < -0.4 is 10.6 Å². The van der Waals surface area contributed by atoms with Crippen molar-refractivity contribution in [3.05, 3.63) is 33.9 Å². The number of rotatable bonds is 4. The third-order valence-electron chi connectivity index (χ3n) is 3.43. The number of hydrogen-bond donors (Lipinski definition) is 2. The maximum atomic E-state index is 12.0. The van der Waals surface area contributed by atoms with Gasteiger partial charge in [-0.3, -0.25) is 14.9 Å². The molecule has 0 spiro atoms. The maximum Gasteiger partial charge on any atom is 0.292 e. The fourth-order valence-corrected chi connectivity index (χ4v) is 2.33. The zero-order valence-corrected chi connectivity index (χ0v) is 11.0. The van der Waals surface area contributed by atoms with Gasteiger partial charge in [-0.2, -0.15) is 0 Å². The van der Waals surface area contributed by atoms with Crippen molar-refractivity contribution in [3.8, 4) is 0 Å². The molecule has 102 valence electrons. The molecule has 6 nitrogen and oxygen atoms in total. The number of amides is 1. The lowest BCUT2D eigenvalue weighted by atomic mass is 9.82. The first-order valence-corrected chi connectivity index (χ1v) is 6.28. The van der Waals surface area contributed by atoms with Crippen LogP contribution in [0.15, 0.2) is 18.2 Å². The number of anilines is 1. The fourth-order valence-electron chi connectivity index (χ4n) is 2.33. The van der Waals surface area contributed by atoms with Gasteiger partial charge in [-0.15, -0.1) is 0 Å². The number of nitrogens with zero attached hydrogens (tertiary/aromatic N) is 1. The van der Waals surface area contributed by atoms with E-state index in [0.29, 0.717) is 17.2 Å². The van der Waals surface area contributed by atoms with Crippen LogP contribution in [0.25, 0.3) is 0 Å². The number of hydrogen-bond acceptors (Lipinski definition) is 4. The van der Waals surface area contributed by atoms with Crippen LogP contribution in [-0.4, -0.2) is 23.9 Å². The van der Waals surface area contributed by atoms with Crippen LogP contribution in [0.1, 0.15) is 30.1 Å². The third kappa shape index (κ3) is 2.83. The summed E-state index contributed by atoms with van der Waals surface area (Å²) in [5.74, 6) is 0.485. The molecule has 2 N–H and O–H groups in total. The molecule has 6 heteroatoms. The van der Waals surface area contributed by atoms with E-state index in [1.165, 1.54) is 18.2 Å². The molecule has 0 radical (unpaired) electrons. The maximum absolute atomic E-state index is 12.0. The second-order valence-corrected chi connectivity index (χ2v) is 4.99. The zero-order valence-electron chi connectivity index (χ0n) is 11.0. The summed E-state index contributed by atoms with van der Waals surface area (Å²) in [6.07, 6.45) is 2.00. The summed E-state index contributed by atoms with van der Waals surface area (Å²) in [4.78, 5) is 22.3. The lowest BCUT2D eigenvalue weighted by molar-refractivity contribution is -0.383. The molecule has 1 aromatic carbocycles. The molecular formula is C13H17N3O3. The van der Waals surface area contributed by atoms with Crippen LogP contribution in [0.3, 0.4) is 0 Å². The van der Waals surface area contributed by atoms with Crippen molar-refractivity contribution < 1.29 is 9.72 Å². The molecule has 1 fully saturated rings. The van der Waals surface area contributed by atoms with Crippen LogP contribution >= 0.6 is 0 Å². The number of nitro benzene ring substituents is 1. The van der Waals surface area contributed by atoms with Gasteiger partial charge in [0, 0.05) is 24.7 Å². The highest BCUT2D eigenvalue weighted by molar-refractivity contribution is 5.96. The van der Waals surface area contributed by atoms with Gasteiger partial charge < -0.3 is 10.6 Å². The Labute approximate surface area is 111 Å². The van der Waals surface area contributed by atoms with Gasteiger partial charge in [0.1, 0.15) is 5.69 Å². The Bertz CT molecular complexity index is 510. The fraction of sp³-hybridized carbons (Fsp3) is 0.462. The molecule has 1 aliphatic rings. The first kappa shape index (κ1) is 13.3. The molecule has 1 amide bonds. The first-order chi connectivity index (χ1) is 9.01. The van der Waals surface area contributed by atoms with E-state index in [1.54, 1.807) is 7.05 Å². The zero-order chi connectivity index (χ0) is 14.0. The molecule has 0 aromatic heterocycles. The molecule has 1 saturated carbocycles. The molecular weight excluding hydrogens is 246 g/mol. The summed E-state index contributed by atoms with van der Waals surface area (Å²) < 4.78 is 0. The van der Waals surface area contributed by atoms with Crippen molar-refractivity contribution >= 4 is 17.3 Å². The Hall–Kier alpha value is -2.11. The minimum atomic E-state index is -0.471. The van der Waals surface area contributed by atoms with Crippen LogP contribution in [-0.2, 0) is 0 Å². The summed E-state index contributed by atoms with van der Waals surface area (Å²) in [5, 5.41) is 16.5. The summed E-state index contributed by atoms with van der Waals surface area (Å²) in [6, 6.07) is 4.58. The lowest BCUT2D eigenvalue weighted by Gasteiger charge is -2.33. The normalized spacial score (nSPS) is 21.4.